The monoisotopic (exact) mass is 444 g/mol. The molecule has 2 atom stereocenters. The highest BCUT2D eigenvalue weighted by Gasteiger charge is 2.17. The van der Waals surface area contributed by atoms with E-state index in [2.05, 4.69) is 10.3 Å². The van der Waals surface area contributed by atoms with E-state index in [1.807, 2.05) is 0 Å². The van der Waals surface area contributed by atoms with Crippen LogP contribution in [0.3, 0.4) is 0 Å². The van der Waals surface area contributed by atoms with Crippen molar-refractivity contribution in [1.82, 2.24) is 10.3 Å². The molecule has 0 bridgehead atoms. The largest absolute Gasteiger partial charge is 0.372 e. The second-order valence-corrected chi connectivity index (χ2v) is 8.69. The minimum Gasteiger partial charge on any atom is -0.372 e. The lowest BCUT2D eigenvalue weighted by atomic mass is 9.96. The van der Waals surface area contributed by atoms with Crippen molar-refractivity contribution in [2.45, 2.75) is 57.7 Å². The molecule has 0 spiro atoms. The smallest absolute Gasteiger partial charge is 0.195 e. The summed E-state index contributed by atoms with van der Waals surface area (Å²) in [5.74, 6) is -3.31. The zero-order valence-electron chi connectivity index (χ0n) is 16.9. The summed E-state index contributed by atoms with van der Waals surface area (Å²) in [5.41, 5.74) is 0.407. The predicted octanol–water partition coefficient (Wildman–Crippen LogP) is 6.03. The Morgan fingerprint density at radius 2 is 2.03 bits per heavy atom. The maximum Gasteiger partial charge on any atom is 0.195 e. The molecule has 0 aliphatic carbocycles. The minimum absolute atomic E-state index is 0.0165. The Morgan fingerprint density at radius 3 is 2.90 bits per heavy atom. The van der Waals surface area contributed by atoms with Crippen LogP contribution in [0.1, 0.15) is 50.6 Å². The van der Waals surface area contributed by atoms with Gasteiger partial charge in [0.15, 0.2) is 17.5 Å². The number of hydrogen-bond acceptors (Lipinski definition) is 4. The molecule has 0 amide bonds. The second kappa shape index (κ2) is 11.8. The third-order valence-electron chi connectivity index (χ3n) is 5.39. The summed E-state index contributed by atoms with van der Waals surface area (Å²) in [4.78, 5) is 4.18. The molecule has 3 nitrogen and oxygen atoms in total. The fraction of sp³-hybridized carbons (Fsp3) is 0.591. The highest BCUT2D eigenvalue weighted by molar-refractivity contribution is 7.13. The Labute approximate surface area is 178 Å². The van der Waals surface area contributed by atoms with Gasteiger partial charge >= 0.3 is 0 Å². The van der Waals surface area contributed by atoms with Crippen molar-refractivity contribution < 1.29 is 22.3 Å². The molecule has 1 saturated heterocycles. The highest BCUT2D eigenvalue weighted by atomic mass is 32.1. The molecular weight excluding hydrogens is 416 g/mol. The summed E-state index contributed by atoms with van der Waals surface area (Å²) in [6, 6.07) is 2.02. The maximum atomic E-state index is 14.1. The highest BCUT2D eigenvalue weighted by Crippen LogP contribution is 2.29. The van der Waals surface area contributed by atoms with E-state index in [9.17, 15) is 17.6 Å². The molecule has 1 aliphatic heterocycles. The van der Waals surface area contributed by atoms with E-state index in [0.29, 0.717) is 18.0 Å². The molecule has 8 heteroatoms. The van der Waals surface area contributed by atoms with Crippen LogP contribution in [-0.2, 0) is 11.3 Å². The van der Waals surface area contributed by atoms with Gasteiger partial charge in [0.1, 0.15) is 11.2 Å². The first-order valence-electron chi connectivity index (χ1n) is 10.6. The van der Waals surface area contributed by atoms with Gasteiger partial charge in [0.2, 0.25) is 0 Å². The molecule has 1 fully saturated rings. The van der Waals surface area contributed by atoms with Crippen LogP contribution in [0.4, 0.5) is 17.6 Å². The molecule has 2 unspecified atom stereocenters. The fourth-order valence-electron chi connectivity index (χ4n) is 3.70. The number of rotatable bonds is 10. The van der Waals surface area contributed by atoms with Crippen molar-refractivity contribution in [1.29, 1.82) is 0 Å². The predicted molar refractivity (Wildman–Crippen MR) is 111 cm³/mol. The normalized spacial score (nSPS) is 18.3. The van der Waals surface area contributed by atoms with Crippen LogP contribution in [0.15, 0.2) is 17.5 Å². The van der Waals surface area contributed by atoms with Crippen LogP contribution in [0.5, 0.6) is 0 Å². The average Bonchev–Trinajstić information content (AvgIpc) is 3.04. The first-order chi connectivity index (χ1) is 14.5. The second-order valence-electron chi connectivity index (χ2n) is 7.83. The number of unbranched alkanes of at least 4 members (excludes halogenated alkanes) is 1. The van der Waals surface area contributed by atoms with E-state index in [0.717, 1.165) is 55.8 Å². The number of aromatic nitrogens is 1. The zero-order valence-corrected chi connectivity index (χ0v) is 17.8. The summed E-state index contributed by atoms with van der Waals surface area (Å²) < 4.78 is 59.8. The summed E-state index contributed by atoms with van der Waals surface area (Å²) >= 11 is 1.10. The Morgan fingerprint density at radius 1 is 1.17 bits per heavy atom. The van der Waals surface area contributed by atoms with E-state index < -0.39 is 23.6 Å². The van der Waals surface area contributed by atoms with Crippen molar-refractivity contribution in [2.24, 2.45) is 5.92 Å². The maximum absolute atomic E-state index is 14.1. The van der Waals surface area contributed by atoms with Crippen LogP contribution < -0.4 is 5.32 Å². The van der Waals surface area contributed by atoms with Crippen molar-refractivity contribution in [3.8, 4) is 10.6 Å². The van der Waals surface area contributed by atoms with Crippen molar-refractivity contribution >= 4 is 11.3 Å². The average molecular weight is 445 g/mol. The number of nitrogens with one attached hydrogen (secondary N) is 1. The first kappa shape index (κ1) is 23.2. The molecule has 1 N–H and O–H groups in total. The number of ether oxygens (including phenoxy) is 1. The Hall–Kier alpha value is -1.51. The third kappa shape index (κ3) is 6.75. The van der Waals surface area contributed by atoms with Crippen LogP contribution >= 0.6 is 11.3 Å². The van der Waals surface area contributed by atoms with E-state index in [4.69, 9.17) is 4.74 Å². The van der Waals surface area contributed by atoms with Crippen molar-refractivity contribution in [3.05, 3.63) is 40.7 Å². The van der Waals surface area contributed by atoms with Gasteiger partial charge in [-0.2, -0.15) is 0 Å². The lowest BCUT2D eigenvalue weighted by Crippen LogP contribution is -2.20. The molecule has 2 aromatic rings. The topological polar surface area (TPSA) is 34.1 Å². The molecule has 1 aliphatic rings. The van der Waals surface area contributed by atoms with Crippen LogP contribution in [0.2, 0.25) is 0 Å². The SMILES string of the molecule is Fc1ccc(-c2nc(COCC(F)CCCCC3CCCCNC3)cs2)c(F)c1F. The third-order valence-corrected chi connectivity index (χ3v) is 6.32. The lowest BCUT2D eigenvalue weighted by Gasteiger charge is -2.14. The zero-order chi connectivity index (χ0) is 21.3. The number of alkyl halides is 1. The Kier molecular flexibility index (Phi) is 9.08. The molecule has 166 valence electrons. The summed E-state index contributed by atoms with van der Waals surface area (Å²) in [6.45, 7) is 2.26. The minimum atomic E-state index is -1.52. The van der Waals surface area contributed by atoms with E-state index in [1.54, 1.807) is 5.38 Å². The lowest BCUT2D eigenvalue weighted by molar-refractivity contribution is 0.0639. The molecule has 30 heavy (non-hydrogen) atoms. The number of thiazole rings is 1. The van der Waals surface area contributed by atoms with Gasteiger partial charge in [0.25, 0.3) is 0 Å². The van der Waals surface area contributed by atoms with Crippen LogP contribution in [-0.4, -0.2) is 30.9 Å². The van der Waals surface area contributed by atoms with E-state index in [-0.39, 0.29) is 23.8 Å². The number of hydrogen-bond donors (Lipinski definition) is 1. The van der Waals surface area contributed by atoms with Gasteiger partial charge in [-0.25, -0.2) is 22.5 Å². The standard InChI is InChI=1S/C22H28F4N2OS/c23-16(7-2-1-5-15-6-3-4-10-27-11-15)12-29-13-17-14-30-22(28-17)18-8-9-19(24)21(26)20(18)25/h8-9,14-16,27H,1-7,10-13H2. The molecule has 0 radical (unpaired) electrons. The van der Waals surface area contributed by atoms with Gasteiger partial charge in [-0.15, -0.1) is 11.3 Å². The Balaban J connectivity index is 1.35. The molecule has 3 rings (SSSR count). The molecule has 0 saturated carbocycles. The quantitative estimate of drug-likeness (QED) is 0.276. The molecule has 1 aromatic heterocycles. The van der Waals surface area contributed by atoms with E-state index >= 15 is 0 Å². The number of benzene rings is 1. The summed E-state index contributed by atoms with van der Waals surface area (Å²) in [5, 5.41) is 5.33. The number of halogens is 4. The molecule has 2 heterocycles. The first-order valence-corrected chi connectivity index (χ1v) is 11.4. The van der Waals surface area contributed by atoms with Gasteiger partial charge in [0.05, 0.1) is 18.9 Å². The van der Waals surface area contributed by atoms with Gasteiger partial charge in [-0.3, -0.25) is 0 Å². The molecular formula is C22H28F4N2OS. The Bertz CT molecular complexity index is 793. The molecule has 1 aromatic carbocycles. The fourth-order valence-corrected chi connectivity index (χ4v) is 4.52. The number of nitrogens with zero attached hydrogens (tertiary/aromatic N) is 1. The van der Waals surface area contributed by atoms with Crippen molar-refractivity contribution in [3.63, 3.8) is 0 Å². The van der Waals surface area contributed by atoms with Gasteiger partial charge in [-0.1, -0.05) is 19.3 Å². The van der Waals surface area contributed by atoms with Crippen LogP contribution in [0.25, 0.3) is 10.6 Å². The van der Waals surface area contributed by atoms with E-state index in [1.165, 1.54) is 19.3 Å². The summed E-state index contributed by atoms with van der Waals surface area (Å²) in [6.07, 6.45) is 6.25. The van der Waals surface area contributed by atoms with Gasteiger partial charge < -0.3 is 10.1 Å². The van der Waals surface area contributed by atoms with Crippen LogP contribution in [0, 0.1) is 23.4 Å². The van der Waals surface area contributed by atoms with Crippen molar-refractivity contribution in [2.75, 3.05) is 19.7 Å². The van der Waals surface area contributed by atoms with Gasteiger partial charge in [0, 0.05) is 10.9 Å². The van der Waals surface area contributed by atoms with Gasteiger partial charge in [-0.05, 0) is 56.8 Å². The summed E-state index contributed by atoms with van der Waals surface area (Å²) in [7, 11) is 0.